The number of nitrogens with two attached hydrogens (primary N) is 1. The van der Waals surface area contributed by atoms with E-state index < -0.39 is 0 Å². The van der Waals surface area contributed by atoms with Gasteiger partial charge in [0.05, 0.1) is 5.41 Å². The Morgan fingerprint density at radius 2 is 2.06 bits per heavy atom. The van der Waals surface area contributed by atoms with E-state index in [2.05, 4.69) is 15.1 Å². The van der Waals surface area contributed by atoms with E-state index in [9.17, 15) is 0 Å². The zero-order valence-corrected chi connectivity index (χ0v) is 10.3. The first-order chi connectivity index (χ1) is 8.03. The Morgan fingerprint density at radius 1 is 1.29 bits per heavy atom. The minimum atomic E-state index is -0.310. The molecule has 0 fully saturated rings. The summed E-state index contributed by atoms with van der Waals surface area (Å²) >= 11 is 0. The summed E-state index contributed by atoms with van der Waals surface area (Å²) in [5.41, 5.74) is 7.00. The van der Waals surface area contributed by atoms with Gasteiger partial charge in [-0.3, -0.25) is 0 Å². The van der Waals surface area contributed by atoms with Gasteiger partial charge in [0.1, 0.15) is 5.69 Å². The second kappa shape index (κ2) is 4.25. The highest BCUT2D eigenvalue weighted by molar-refractivity contribution is 5.48. The van der Waals surface area contributed by atoms with Gasteiger partial charge in [0, 0.05) is 12.2 Å². The highest BCUT2D eigenvalue weighted by atomic mass is 16.5. The van der Waals surface area contributed by atoms with Crippen LogP contribution in [0.5, 0.6) is 0 Å². The summed E-state index contributed by atoms with van der Waals surface area (Å²) in [4.78, 5) is 8.69. The Kier molecular flexibility index (Phi) is 2.93. The minimum Gasteiger partial charge on any atom is -0.338 e. The Labute approximate surface area is 100 Å². The first kappa shape index (κ1) is 11.7. The molecule has 0 spiro atoms. The summed E-state index contributed by atoms with van der Waals surface area (Å²) in [5.74, 6) is 1.04. The van der Waals surface area contributed by atoms with Crippen LogP contribution in [0.25, 0.3) is 11.5 Å². The standard InChI is InChI=1S/C12H16N4O/c1-8-5-4-6-9(14-8)10-15-11(17-16-10)12(2,3)7-13/h4-6H,7,13H2,1-3H3. The van der Waals surface area contributed by atoms with Crippen LogP contribution in [0.1, 0.15) is 25.4 Å². The Hall–Kier alpha value is -1.75. The SMILES string of the molecule is Cc1cccc(-c2noc(C(C)(C)CN)n2)n1. The number of hydrogen-bond donors (Lipinski definition) is 1. The van der Waals surface area contributed by atoms with Gasteiger partial charge in [0.2, 0.25) is 11.7 Å². The van der Waals surface area contributed by atoms with Gasteiger partial charge in [-0.15, -0.1) is 0 Å². The molecular formula is C12H16N4O. The molecule has 0 atom stereocenters. The van der Waals surface area contributed by atoms with E-state index in [1.165, 1.54) is 0 Å². The molecule has 0 aromatic carbocycles. The van der Waals surface area contributed by atoms with Crippen molar-refractivity contribution in [3.63, 3.8) is 0 Å². The molecule has 0 radical (unpaired) electrons. The quantitative estimate of drug-likeness (QED) is 0.871. The third-order valence-corrected chi connectivity index (χ3v) is 2.63. The summed E-state index contributed by atoms with van der Waals surface area (Å²) in [5, 5.41) is 3.94. The van der Waals surface area contributed by atoms with Crippen molar-refractivity contribution in [3.05, 3.63) is 29.8 Å². The van der Waals surface area contributed by atoms with Gasteiger partial charge in [-0.05, 0) is 32.9 Å². The zero-order chi connectivity index (χ0) is 12.5. The van der Waals surface area contributed by atoms with Gasteiger partial charge >= 0.3 is 0 Å². The third-order valence-electron chi connectivity index (χ3n) is 2.63. The summed E-state index contributed by atoms with van der Waals surface area (Å²) in [7, 11) is 0. The van der Waals surface area contributed by atoms with E-state index in [1.54, 1.807) is 0 Å². The second-order valence-electron chi connectivity index (χ2n) is 4.68. The molecule has 2 rings (SSSR count). The molecule has 17 heavy (non-hydrogen) atoms. The van der Waals surface area contributed by atoms with E-state index in [4.69, 9.17) is 10.3 Å². The molecule has 5 nitrogen and oxygen atoms in total. The average molecular weight is 232 g/mol. The summed E-state index contributed by atoms with van der Waals surface area (Å²) in [6.07, 6.45) is 0. The van der Waals surface area contributed by atoms with Crippen LogP contribution in [0.3, 0.4) is 0 Å². The van der Waals surface area contributed by atoms with Gasteiger partial charge in [0.25, 0.3) is 0 Å². The van der Waals surface area contributed by atoms with E-state index >= 15 is 0 Å². The fourth-order valence-corrected chi connectivity index (χ4v) is 1.36. The van der Waals surface area contributed by atoms with Crippen LogP contribution in [0, 0.1) is 6.92 Å². The van der Waals surface area contributed by atoms with E-state index in [0.29, 0.717) is 24.0 Å². The third kappa shape index (κ3) is 2.34. The predicted molar refractivity (Wildman–Crippen MR) is 64.3 cm³/mol. The van der Waals surface area contributed by atoms with Crippen LogP contribution < -0.4 is 5.73 Å². The van der Waals surface area contributed by atoms with Crippen LogP contribution in [0.15, 0.2) is 22.7 Å². The lowest BCUT2D eigenvalue weighted by Gasteiger charge is -2.15. The first-order valence-corrected chi connectivity index (χ1v) is 5.51. The number of nitrogens with zero attached hydrogens (tertiary/aromatic N) is 3. The molecule has 0 bridgehead atoms. The molecule has 0 saturated carbocycles. The predicted octanol–water partition coefficient (Wildman–Crippen LogP) is 1.68. The normalized spacial score (nSPS) is 11.8. The lowest BCUT2D eigenvalue weighted by Crippen LogP contribution is -2.28. The van der Waals surface area contributed by atoms with Crippen molar-refractivity contribution < 1.29 is 4.52 Å². The molecule has 0 amide bonds. The van der Waals surface area contributed by atoms with E-state index in [1.807, 2.05) is 39.0 Å². The smallest absolute Gasteiger partial charge is 0.233 e. The van der Waals surface area contributed by atoms with Crippen molar-refractivity contribution >= 4 is 0 Å². The fourth-order valence-electron chi connectivity index (χ4n) is 1.36. The zero-order valence-electron chi connectivity index (χ0n) is 10.3. The molecule has 90 valence electrons. The van der Waals surface area contributed by atoms with Crippen molar-refractivity contribution in [2.75, 3.05) is 6.54 Å². The largest absolute Gasteiger partial charge is 0.338 e. The number of aryl methyl sites for hydroxylation is 1. The topological polar surface area (TPSA) is 77.8 Å². The number of pyridine rings is 1. The number of hydrogen-bond acceptors (Lipinski definition) is 5. The molecular weight excluding hydrogens is 216 g/mol. The molecule has 0 aliphatic carbocycles. The van der Waals surface area contributed by atoms with Crippen LogP contribution in [0.2, 0.25) is 0 Å². The van der Waals surface area contributed by atoms with Crippen molar-refractivity contribution in [2.45, 2.75) is 26.2 Å². The second-order valence-corrected chi connectivity index (χ2v) is 4.68. The van der Waals surface area contributed by atoms with Crippen LogP contribution in [-0.2, 0) is 5.41 Å². The number of aromatic nitrogens is 3. The maximum atomic E-state index is 5.67. The molecule has 0 saturated heterocycles. The molecule has 2 heterocycles. The van der Waals surface area contributed by atoms with Crippen LogP contribution in [0.4, 0.5) is 0 Å². The van der Waals surface area contributed by atoms with Crippen molar-refractivity contribution in [2.24, 2.45) is 5.73 Å². The molecule has 2 aromatic heterocycles. The molecule has 2 aromatic rings. The van der Waals surface area contributed by atoms with E-state index in [-0.39, 0.29) is 5.41 Å². The van der Waals surface area contributed by atoms with Crippen molar-refractivity contribution in [3.8, 4) is 11.5 Å². The highest BCUT2D eigenvalue weighted by Crippen LogP contribution is 2.22. The number of rotatable bonds is 3. The monoisotopic (exact) mass is 232 g/mol. The molecule has 2 N–H and O–H groups in total. The molecule has 5 heteroatoms. The van der Waals surface area contributed by atoms with Crippen LogP contribution >= 0.6 is 0 Å². The highest BCUT2D eigenvalue weighted by Gasteiger charge is 2.26. The fraction of sp³-hybridized carbons (Fsp3) is 0.417. The molecule has 0 aliphatic rings. The van der Waals surface area contributed by atoms with Crippen molar-refractivity contribution in [1.29, 1.82) is 0 Å². The lowest BCUT2D eigenvalue weighted by molar-refractivity contribution is 0.311. The lowest BCUT2D eigenvalue weighted by atomic mass is 9.94. The minimum absolute atomic E-state index is 0.310. The Bertz CT molecular complexity index is 519. The average Bonchev–Trinajstić information content (AvgIpc) is 2.79. The van der Waals surface area contributed by atoms with E-state index in [0.717, 1.165) is 5.69 Å². The van der Waals surface area contributed by atoms with Gasteiger partial charge < -0.3 is 10.3 Å². The Morgan fingerprint density at radius 3 is 2.71 bits per heavy atom. The summed E-state index contributed by atoms with van der Waals surface area (Å²) in [6, 6.07) is 5.70. The maximum absolute atomic E-state index is 5.67. The summed E-state index contributed by atoms with van der Waals surface area (Å²) < 4.78 is 5.23. The van der Waals surface area contributed by atoms with Gasteiger partial charge in [0.15, 0.2) is 0 Å². The summed E-state index contributed by atoms with van der Waals surface area (Å²) in [6.45, 7) is 6.31. The van der Waals surface area contributed by atoms with Crippen molar-refractivity contribution in [1.82, 2.24) is 15.1 Å². The molecule has 0 aliphatic heterocycles. The maximum Gasteiger partial charge on any atom is 0.233 e. The van der Waals surface area contributed by atoms with Gasteiger partial charge in [-0.25, -0.2) is 4.98 Å². The molecule has 0 unspecified atom stereocenters. The van der Waals surface area contributed by atoms with Gasteiger partial charge in [-0.1, -0.05) is 11.2 Å². The first-order valence-electron chi connectivity index (χ1n) is 5.51. The van der Waals surface area contributed by atoms with Gasteiger partial charge in [-0.2, -0.15) is 4.98 Å². The Balaban J connectivity index is 2.36. The van der Waals surface area contributed by atoms with Crippen LogP contribution in [-0.4, -0.2) is 21.7 Å².